The molecule has 5 nitrogen and oxygen atoms in total. The van der Waals surface area contributed by atoms with Crippen LogP contribution in [0.3, 0.4) is 0 Å². The minimum absolute atomic E-state index is 0.110. The van der Waals surface area contributed by atoms with Crippen molar-refractivity contribution >= 4 is 20.0 Å². The summed E-state index contributed by atoms with van der Waals surface area (Å²) < 4.78 is 27.4. The van der Waals surface area contributed by atoms with E-state index in [9.17, 15) is 9.90 Å². The van der Waals surface area contributed by atoms with Crippen molar-refractivity contribution in [3.05, 3.63) is 59.7 Å². The van der Waals surface area contributed by atoms with E-state index in [0.717, 1.165) is 16.8 Å². The minimum atomic E-state index is -3.19. The van der Waals surface area contributed by atoms with Crippen molar-refractivity contribution in [1.82, 2.24) is 0 Å². The molecular weight excluding hydrogens is 413 g/mol. The molecule has 2 heterocycles. The van der Waals surface area contributed by atoms with Crippen LogP contribution in [0.5, 0.6) is 5.75 Å². The number of aliphatic hydroxyl groups is 1. The SMILES string of the molecule is COc1ccc2c(c1)[C@]1(O[C@@H](CCO)[C@H]([Si](C)(C)F)[C@H]1C)C(=O)N2Cc1ccccc1. The van der Waals surface area contributed by atoms with Gasteiger partial charge in [0.25, 0.3) is 5.91 Å². The molecule has 7 heteroatoms. The third-order valence-corrected chi connectivity index (χ3v) is 9.22. The molecule has 0 aromatic heterocycles. The fourth-order valence-electron chi connectivity index (χ4n) is 5.47. The van der Waals surface area contributed by atoms with Crippen LogP contribution in [0.4, 0.5) is 9.80 Å². The molecule has 2 aromatic rings. The maximum absolute atomic E-state index is 15.5. The molecule has 1 fully saturated rings. The fraction of sp³-hybridized carbons (Fsp3) is 0.458. The van der Waals surface area contributed by atoms with Gasteiger partial charge in [0.2, 0.25) is 8.41 Å². The van der Waals surface area contributed by atoms with Gasteiger partial charge in [-0.2, -0.15) is 0 Å². The number of carbonyl (C=O) groups excluding carboxylic acids is 1. The highest BCUT2D eigenvalue weighted by molar-refractivity contribution is 6.72. The Morgan fingerprint density at radius 3 is 2.55 bits per heavy atom. The molecule has 166 valence electrons. The van der Waals surface area contributed by atoms with Crippen molar-refractivity contribution in [1.29, 1.82) is 0 Å². The monoisotopic (exact) mass is 443 g/mol. The van der Waals surface area contributed by atoms with Gasteiger partial charge in [-0.15, -0.1) is 0 Å². The molecule has 2 aromatic carbocycles. The predicted octanol–water partition coefficient (Wildman–Crippen LogP) is 4.40. The molecule has 0 radical (unpaired) electrons. The van der Waals surface area contributed by atoms with Crippen molar-refractivity contribution < 1.29 is 23.5 Å². The van der Waals surface area contributed by atoms with Gasteiger partial charge in [0.05, 0.1) is 25.4 Å². The molecule has 31 heavy (non-hydrogen) atoms. The van der Waals surface area contributed by atoms with Gasteiger partial charge in [-0.05, 0) is 43.3 Å². The third-order valence-electron chi connectivity index (χ3n) is 6.77. The number of halogens is 1. The summed E-state index contributed by atoms with van der Waals surface area (Å²) in [4.78, 5) is 15.8. The zero-order valence-electron chi connectivity index (χ0n) is 18.5. The number of amides is 1. The van der Waals surface area contributed by atoms with Crippen LogP contribution in [0, 0.1) is 5.92 Å². The molecule has 1 spiro atoms. The van der Waals surface area contributed by atoms with Crippen molar-refractivity contribution in [2.45, 2.75) is 50.2 Å². The van der Waals surface area contributed by atoms with Crippen LogP contribution in [0.2, 0.25) is 18.6 Å². The number of aliphatic hydroxyl groups excluding tert-OH is 1. The summed E-state index contributed by atoms with van der Waals surface area (Å²) in [5.74, 6) is 0.0906. The molecule has 0 aliphatic carbocycles. The number of ether oxygens (including phenoxy) is 2. The van der Waals surface area contributed by atoms with E-state index in [4.69, 9.17) is 9.47 Å². The van der Waals surface area contributed by atoms with Crippen LogP contribution in [0.15, 0.2) is 48.5 Å². The summed E-state index contributed by atoms with van der Waals surface area (Å²) in [6.45, 7) is 5.54. The summed E-state index contributed by atoms with van der Waals surface area (Å²) in [6.07, 6.45) is -0.200. The van der Waals surface area contributed by atoms with Crippen LogP contribution < -0.4 is 9.64 Å². The number of methoxy groups -OCH3 is 1. The van der Waals surface area contributed by atoms with Crippen LogP contribution in [-0.2, 0) is 21.7 Å². The Morgan fingerprint density at radius 2 is 1.94 bits per heavy atom. The summed E-state index contributed by atoms with van der Waals surface area (Å²) in [7, 11) is -1.60. The number of anilines is 1. The number of hydrogen-bond acceptors (Lipinski definition) is 4. The Bertz CT molecular complexity index is 964. The molecule has 0 bridgehead atoms. The normalized spacial score (nSPS) is 27.7. The maximum Gasteiger partial charge on any atom is 0.264 e. The number of rotatable bonds is 6. The van der Waals surface area contributed by atoms with E-state index in [1.54, 1.807) is 25.1 Å². The molecule has 2 aliphatic rings. The zero-order valence-corrected chi connectivity index (χ0v) is 19.5. The molecule has 2 aliphatic heterocycles. The number of benzene rings is 2. The molecular formula is C24H30FNO4Si. The van der Waals surface area contributed by atoms with Gasteiger partial charge in [0, 0.05) is 23.6 Å². The standard InChI is InChI=1S/C24H30FNO4Si/c1-16-22(31(3,4)25)21(12-13-27)30-24(16)19-14-18(29-2)10-11-20(19)26(23(24)28)15-17-8-6-5-7-9-17/h5-11,14,16,21-22,27H,12-13,15H2,1-4H3/t16-,21+,22-,24+/m1/s1. The highest BCUT2D eigenvalue weighted by Crippen LogP contribution is 2.60. The molecule has 1 N–H and O–H groups in total. The molecule has 0 unspecified atom stereocenters. The van der Waals surface area contributed by atoms with E-state index in [0.29, 0.717) is 18.7 Å². The van der Waals surface area contributed by atoms with E-state index in [1.165, 1.54) is 0 Å². The highest BCUT2D eigenvalue weighted by Gasteiger charge is 2.66. The maximum atomic E-state index is 15.5. The topological polar surface area (TPSA) is 59.0 Å². The Hall–Kier alpha value is -2.22. The summed E-state index contributed by atoms with van der Waals surface area (Å²) in [6, 6.07) is 15.4. The van der Waals surface area contributed by atoms with Crippen molar-refractivity contribution in [2.24, 2.45) is 5.92 Å². The summed E-state index contributed by atoms with van der Waals surface area (Å²) in [5.41, 5.74) is 0.815. The lowest BCUT2D eigenvalue weighted by atomic mass is 9.82. The first kappa shape index (κ1) is 22.0. The van der Waals surface area contributed by atoms with Gasteiger partial charge in [-0.25, -0.2) is 0 Å². The predicted molar refractivity (Wildman–Crippen MR) is 120 cm³/mol. The smallest absolute Gasteiger partial charge is 0.264 e. The van der Waals surface area contributed by atoms with E-state index in [-0.39, 0.29) is 18.4 Å². The first-order chi connectivity index (χ1) is 14.7. The van der Waals surface area contributed by atoms with Crippen LogP contribution in [0.25, 0.3) is 0 Å². The quantitative estimate of drug-likeness (QED) is 0.531. The van der Waals surface area contributed by atoms with Crippen molar-refractivity contribution in [2.75, 3.05) is 18.6 Å². The molecule has 0 saturated carbocycles. The first-order valence-electron chi connectivity index (χ1n) is 10.8. The molecule has 1 saturated heterocycles. The second kappa shape index (κ2) is 8.04. The Kier molecular flexibility index (Phi) is 5.70. The van der Waals surface area contributed by atoms with Crippen molar-refractivity contribution in [3.63, 3.8) is 0 Å². The Morgan fingerprint density at radius 1 is 1.23 bits per heavy atom. The number of fused-ring (bicyclic) bond motifs is 2. The van der Waals surface area contributed by atoms with E-state index < -0.39 is 25.7 Å². The average molecular weight is 444 g/mol. The average Bonchev–Trinajstić information content (AvgIpc) is 3.16. The van der Waals surface area contributed by atoms with E-state index >= 15 is 4.11 Å². The number of carbonyl (C=O) groups is 1. The summed E-state index contributed by atoms with van der Waals surface area (Å²) >= 11 is 0. The van der Waals surface area contributed by atoms with E-state index in [1.807, 2.05) is 55.5 Å². The Balaban J connectivity index is 1.85. The number of nitrogens with zero attached hydrogens (tertiary/aromatic N) is 1. The second-order valence-electron chi connectivity index (χ2n) is 9.04. The van der Waals surface area contributed by atoms with Gasteiger partial charge >= 0.3 is 0 Å². The summed E-state index contributed by atoms with van der Waals surface area (Å²) in [5, 5.41) is 9.62. The molecule has 1 amide bonds. The van der Waals surface area contributed by atoms with Gasteiger partial charge in [-0.1, -0.05) is 37.3 Å². The zero-order chi connectivity index (χ0) is 22.4. The van der Waals surface area contributed by atoms with Crippen LogP contribution in [-0.4, -0.2) is 39.2 Å². The second-order valence-corrected chi connectivity index (χ2v) is 12.8. The van der Waals surface area contributed by atoms with E-state index in [2.05, 4.69) is 0 Å². The highest BCUT2D eigenvalue weighted by atomic mass is 28.4. The van der Waals surface area contributed by atoms with Gasteiger partial charge < -0.3 is 23.6 Å². The largest absolute Gasteiger partial charge is 0.497 e. The van der Waals surface area contributed by atoms with Crippen LogP contribution >= 0.6 is 0 Å². The minimum Gasteiger partial charge on any atom is -0.497 e. The first-order valence-corrected chi connectivity index (χ1v) is 13.7. The van der Waals surface area contributed by atoms with Gasteiger partial charge in [0.15, 0.2) is 5.60 Å². The number of hydrogen-bond donors (Lipinski definition) is 1. The van der Waals surface area contributed by atoms with Crippen LogP contribution in [0.1, 0.15) is 24.5 Å². The van der Waals surface area contributed by atoms with Crippen molar-refractivity contribution in [3.8, 4) is 5.75 Å². The molecule has 4 rings (SSSR count). The Labute approximate surface area is 184 Å². The lowest BCUT2D eigenvalue weighted by Gasteiger charge is -2.31. The van der Waals surface area contributed by atoms with Gasteiger partial charge in [-0.3, -0.25) is 4.79 Å². The lowest BCUT2D eigenvalue weighted by Crippen LogP contribution is -2.45. The lowest BCUT2D eigenvalue weighted by molar-refractivity contribution is -0.146. The molecule has 4 atom stereocenters. The van der Waals surface area contributed by atoms with Gasteiger partial charge in [0.1, 0.15) is 5.75 Å². The fourth-order valence-corrected chi connectivity index (χ4v) is 8.02. The third kappa shape index (κ3) is 3.48.